The first-order valence-electron chi connectivity index (χ1n) is 4.77. The quantitative estimate of drug-likeness (QED) is 0.622. The number of carbonyl (C=O) groups excluding carboxylic acids is 2. The summed E-state index contributed by atoms with van der Waals surface area (Å²) in [6, 6.07) is 4.24. The van der Waals surface area contributed by atoms with Gasteiger partial charge in [-0.05, 0) is 17.7 Å². The standard InChI is InChI=1S/C11H12FNO4/c1-16-9-4-3-7(5-8(9)12)6-13-10(14)11(15)17-2/h3-5H,6H2,1-2H3,(H,13,14). The average molecular weight is 241 g/mol. The van der Waals surface area contributed by atoms with E-state index in [9.17, 15) is 14.0 Å². The summed E-state index contributed by atoms with van der Waals surface area (Å²) in [6.07, 6.45) is 0. The molecule has 6 heteroatoms. The molecule has 1 aromatic rings. The zero-order valence-corrected chi connectivity index (χ0v) is 9.45. The van der Waals surface area contributed by atoms with Crippen LogP contribution < -0.4 is 10.1 Å². The molecule has 17 heavy (non-hydrogen) atoms. The van der Waals surface area contributed by atoms with Crippen molar-refractivity contribution in [3.8, 4) is 5.75 Å². The van der Waals surface area contributed by atoms with E-state index in [1.807, 2.05) is 0 Å². The Kier molecular flexibility index (Phi) is 4.45. The normalized spacial score (nSPS) is 9.59. The lowest BCUT2D eigenvalue weighted by molar-refractivity contribution is -0.152. The zero-order valence-electron chi connectivity index (χ0n) is 9.45. The van der Waals surface area contributed by atoms with Crippen LogP contribution in [0.5, 0.6) is 5.75 Å². The van der Waals surface area contributed by atoms with Gasteiger partial charge in [0.05, 0.1) is 14.2 Å². The second-order valence-electron chi connectivity index (χ2n) is 3.14. The number of hydrogen-bond acceptors (Lipinski definition) is 4. The molecule has 0 bridgehead atoms. The molecule has 0 radical (unpaired) electrons. The molecular weight excluding hydrogens is 229 g/mol. The smallest absolute Gasteiger partial charge is 0.396 e. The molecule has 1 N–H and O–H groups in total. The van der Waals surface area contributed by atoms with Gasteiger partial charge in [-0.1, -0.05) is 6.07 Å². The monoisotopic (exact) mass is 241 g/mol. The fraction of sp³-hybridized carbons (Fsp3) is 0.273. The van der Waals surface area contributed by atoms with Crippen molar-refractivity contribution in [1.82, 2.24) is 5.32 Å². The van der Waals surface area contributed by atoms with Gasteiger partial charge in [0.25, 0.3) is 0 Å². The molecule has 92 valence electrons. The lowest BCUT2D eigenvalue weighted by Gasteiger charge is -2.06. The van der Waals surface area contributed by atoms with Crippen LogP contribution in [0, 0.1) is 5.82 Å². The number of benzene rings is 1. The molecule has 1 aromatic carbocycles. The molecule has 0 atom stereocenters. The molecule has 0 aliphatic rings. The molecular formula is C11H12FNO4. The van der Waals surface area contributed by atoms with Gasteiger partial charge in [0.2, 0.25) is 0 Å². The van der Waals surface area contributed by atoms with Crippen molar-refractivity contribution >= 4 is 11.9 Å². The van der Waals surface area contributed by atoms with Gasteiger partial charge in [-0.25, -0.2) is 9.18 Å². The predicted molar refractivity (Wildman–Crippen MR) is 56.8 cm³/mol. The van der Waals surface area contributed by atoms with Crippen molar-refractivity contribution < 1.29 is 23.5 Å². The summed E-state index contributed by atoms with van der Waals surface area (Å²) < 4.78 is 22.2. The summed E-state index contributed by atoms with van der Waals surface area (Å²) in [6.45, 7) is 0.0366. The molecule has 1 rings (SSSR count). The van der Waals surface area contributed by atoms with Crippen LogP contribution in [0.15, 0.2) is 18.2 Å². The molecule has 0 aromatic heterocycles. The van der Waals surface area contributed by atoms with Crippen LogP contribution in [0.1, 0.15) is 5.56 Å². The van der Waals surface area contributed by atoms with E-state index in [-0.39, 0.29) is 12.3 Å². The first-order valence-corrected chi connectivity index (χ1v) is 4.77. The van der Waals surface area contributed by atoms with E-state index >= 15 is 0 Å². The molecule has 0 aliphatic carbocycles. The Morgan fingerprint density at radius 2 is 2.06 bits per heavy atom. The second kappa shape index (κ2) is 5.83. The van der Waals surface area contributed by atoms with Gasteiger partial charge in [-0.3, -0.25) is 4.79 Å². The Labute approximate surface area is 97.5 Å². The molecule has 0 saturated heterocycles. The highest BCUT2D eigenvalue weighted by molar-refractivity contribution is 6.32. The Morgan fingerprint density at radius 1 is 1.35 bits per heavy atom. The molecule has 0 heterocycles. The summed E-state index contributed by atoms with van der Waals surface area (Å²) in [5.74, 6) is -2.27. The van der Waals surface area contributed by atoms with Gasteiger partial charge in [0.1, 0.15) is 0 Å². The first kappa shape index (κ1) is 13.0. The average Bonchev–Trinajstić information content (AvgIpc) is 2.35. The summed E-state index contributed by atoms with van der Waals surface area (Å²) >= 11 is 0. The second-order valence-corrected chi connectivity index (χ2v) is 3.14. The topological polar surface area (TPSA) is 64.6 Å². The third-order valence-corrected chi connectivity index (χ3v) is 2.04. The van der Waals surface area contributed by atoms with Crippen molar-refractivity contribution in [2.75, 3.05) is 14.2 Å². The van der Waals surface area contributed by atoms with Crippen LogP contribution in [0.4, 0.5) is 4.39 Å². The summed E-state index contributed by atoms with van der Waals surface area (Å²) in [5.41, 5.74) is 0.514. The Balaban J connectivity index is 2.61. The summed E-state index contributed by atoms with van der Waals surface area (Å²) in [5, 5.41) is 2.29. The van der Waals surface area contributed by atoms with Crippen molar-refractivity contribution in [3.05, 3.63) is 29.6 Å². The van der Waals surface area contributed by atoms with Crippen LogP contribution >= 0.6 is 0 Å². The maximum absolute atomic E-state index is 13.3. The SMILES string of the molecule is COC(=O)C(=O)NCc1ccc(OC)c(F)c1. The van der Waals surface area contributed by atoms with E-state index in [0.29, 0.717) is 5.56 Å². The fourth-order valence-corrected chi connectivity index (χ4v) is 1.17. The van der Waals surface area contributed by atoms with Gasteiger partial charge in [-0.15, -0.1) is 0 Å². The third kappa shape index (κ3) is 3.44. The van der Waals surface area contributed by atoms with Crippen LogP contribution in [-0.4, -0.2) is 26.1 Å². The first-order chi connectivity index (χ1) is 8.08. The number of nitrogens with one attached hydrogen (secondary N) is 1. The number of esters is 1. The van der Waals surface area contributed by atoms with Crippen molar-refractivity contribution in [2.45, 2.75) is 6.54 Å². The third-order valence-electron chi connectivity index (χ3n) is 2.04. The van der Waals surface area contributed by atoms with Gasteiger partial charge in [0, 0.05) is 6.54 Å². The minimum absolute atomic E-state index is 0.0366. The Bertz CT molecular complexity index is 433. The number of halogens is 1. The lowest BCUT2D eigenvalue weighted by Crippen LogP contribution is -2.31. The van der Waals surface area contributed by atoms with Gasteiger partial charge >= 0.3 is 11.9 Å². The van der Waals surface area contributed by atoms with Gasteiger partial charge in [-0.2, -0.15) is 0 Å². The number of methoxy groups -OCH3 is 2. The maximum Gasteiger partial charge on any atom is 0.396 e. The minimum atomic E-state index is -0.987. The number of hydrogen-bond donors (Lipinski definition) is 1. The van der Waals surface area contributed by atoms with Crippen LogP contribution in [0.3, 0.4) is 0 Å². The maximum atomic E-state index is 13.3. The van der Waals surface area contributed by atoms with E-state index in [1.54, 1.807) is 6.07 Å². The molecule has 0 saturated carbocycles. The summed E-state index contributed by atoms with van der Waals surface area (Å²) in [7, 11) is 2.46. The molecule has 0 aliphatic heterocycles. The lowest BCUT2D eigenvalue weighted by atomic mass is 10.2. The van der Waals surface area contributed by atoms with Gasteiger partial charge < -0.3 is 14.8 Å². The number of amides is 1. The molecule has 5 nitrogen and oxygen atoms in total. The zero-order chi connectivity index (χ0) is 12.8. The van der Waals surface area contributed by atoms with E-state index in [2.05, 4.69) is 10.1 Å². The van der Waals surface area contributed by atoms with Gasteiger partial charge in [0.15, 0.2) is 11.6 Å². The van der Waals surface area contributed by atoms with Crippen molar-refractivity contribution in [2.24, 2.45) is 0 Å². The highest BCUT2D eigenvalue weighted by Crippen LogP contribution is 2.17. The van der Waals surface area contributed by atoms with Crippen LogP contribution in [0.25, 0.3) is 0 Å². The highest BCUT2D eigenvalue weighted by atomic mass is 19.1. The number of ether oxygens (including phenoxy) is 2. The molecule has 0 unspecified atom stereocenters. The Morgan fingerprint density at radius 3 is 2.59 bits per heavy atom. The Hall–Kier alpha value is -2.11. The highest BCUT2D eigenvalue weighted by Gasteiger charge is 2.13. The molecule has 0 fully saturated rings. The minimum Gasteiger partial charge on any atom is -0.494 e. The summed E-state index contributed by atoms with van der Waals surface area (Å²) in [4.78, 5) is 21.8. The fourth-order valence-electron chi connectivity index (χ4n) is 1.17. The predicted octanol–water partition coefficient (Wildman–Crippen LogP) is 0.623. The van der Waals surface area contributed by atoms with Crippen molar-refractivity contribution in [1.29, 1.82) is 0 Å². The van der Waals surface area contributed by atoms with E-state index in [4.69, 9.17) is 4.74 Å². The van der Waals surface area contributed by atoms with E-state index in [0.717, 1.165) is 7.11 Å². The van der Waals surface area contributed by atoms with E-state index < -0.39 is 17.7 Å². The van der Waals surface area contributed by atoms with Crippen molar-refractivity contribution in [3.63, 3.8) is 0 Å². The molecule has 0 spiro atoms. The van der Waals surface area contributed by atoms with E-state index in [1.165, 1.54) is 19.2 Å². The number of carbonyl (C=O) groups is 2. The van der Waals surface area contributed by atoms with Crippen LogP contribution in [-0.2, 0) is 20.9 Å². The van der Waals surface area contributed by atoms with Crippen LogP contribution in [0.2, 0.25) is 0 Å². The largest absolute Gasteiger partial charge is 0.494 e. The number of rotatable bonds is 3. The molecule has 1 amide bonds.